The van der Waals surface area contributed by atoms with Crippen LogP contribution in [0.2, 0.25) is 0 Å². The van der Waals surface area contributed by atoms with Gasteiger partial charge in [-0.05, 0) is 29.7 Å². The summed E-state index contributed by atoms with van der Waals surface area (Å²) in [7, 11) is 1.29. The molecular formula is C16H17NO4. The number of rotatable bonds is 3. The molecule has 2 aromatic carbocycles. The summed E-state index contributed by atoms with van der Waals surface area (Å²) < 4.78 is 4.64. The normalized spacial score (nSPS) is 10.7. The lowest BCUT2D eigenvalue weighted by Crippen LogP contribution is -2.17. The second-order valence-electron chi connectivity index (χ2n) is 5.07. The second kappa shape index (κ2) is 5.83. The first-order valence-corrected chi connectivity index (χ1v) is 6.58. The summed E-state index contributed by atoms with van der Waals surface area (Å²) in [5, 5.41) is 14.1. The average molecular weight is 287 g/mol. The van der Waals surface area contributed by atoms with Gasteiger partial charge in [-0.15, -0.1) is 0 Å². The van der Waals surface area contributed by atoms with Crippen molar-refractivity contribution in [2.24, 2.45) is 5.92 Å². The van der Waals surface area contributed by atoms with Gasteiger partial charge in [0.05, 0.1) is 12.7 Å². The van der Waals surface area contributed by atoms with E-state index in [1.54, 1.807) is 38.1 Å². The Kier molecular flexibility index (Phi) is 4.12. The van der Waals surface area contributed by atoms with E-state index in [-0.39, 0.29) is 23.1 Å². The number of esters is 1. The van der Waals surface area contributed by atoms with E-state index in [2.05, 4.69) is 10.1 Å². The maximum absolute atomic E-state index is 11.7. The molecule has 2 N–H and O–H groups in total. The topological polar surface area (TPSA) is 75.6 Å². The van der Waals surface area contributed by atoms with Crippen molar-refractivity contribution in [2.45, 2.75) is 13.8 Å². The first-order chi connectivity index (χ1) is 9.92. The Morgan fingerprint density at radius 2 is 1.90 bits per heavy atom. The lowest BCUT2D eigenvalue weighted by atomic mass is 10.0. The molecule has 0 aromatic heterocycles. The van der Waals surface area contributed by atoms with E-state index in [0.29, 0.717) is 16.5 Å². The zero-order valence-corrected chi connectivity index (χ0v) is 12.1. The molecule has 0 spiro atoms. The molecule has 110 valence electrons. The van der Waals surface area contributed by atoms with E-state index in [1.165, 1.54) is 13.2 Å². The van der Waals surface area contributed by atoms with Gasteiger partial charge in [0, 0.05) is 17.0 Å². The van der Waals surface area contributed by atoms with Crippen molar-refractivity contribution in [3.05, 3.63) is 35.9 Å². The van der Waals surface area contributed by atoms with E-state index in [1.807, 2.05) is 0 Å². The van der Waals surface area contributed by atoms with Crippen LogP contribution < -0.4 is 5.32 Å². The predicted octanol–water partition coefficient (Wildman–Crippen LogP) is 2.93. The first kappa shape index (κ1) is 14.8. The largest absolute Gasteiger partial charge is 0.507 e. The van der Waals surface area contributed by atoms with Crippen molar-refractivity contribution in [1.29, 1.82) is 0 Å². The highest BCUT2D eigenvalue weighted by molar-refractivity contribution is 6.01. The highest BCUT2D eigenvalue weighted by Gasteiger charge is 2.12. The number of anilines is 1. The van der Waals surface area contributed by atoms with Crippen molar-refractivity contribution in [2.75, 3.05) is 12.4 Å². The Balaban J connectivity index is 2.42. The fourth-order valence-electron chi connectivity index (χ4n) is 1.94. The average Bonchev–Trinajstić information content (AvgIpc) is 2.46. The SMILES string of the molecule is COC(=O)c1cc(O)c2cc(NC(=O)C(C)C)ccc2c1. The maximum Gasteiger partial charge on any atom is 0.338 e. The number of amides is 1. The highest BCUT2D eigenvalue weighted by atomic mass is 16.5. The van der Waals surface area contributed by atoms with Gasteiger partial charge in [-0.25, -0.2) is 4.79 Å². The summed E-state index contributed by atoms with van der Waals surface area (Å²) in [6.45, 7) is 3.60. The van der Waals surface area contributed by atoms with Crippen LogP contribution >= 0.6 is 0 Å². The van der Waals surface area contributed by atoms with Crippen LogP contribution in [0.3, 0.4) is 0 Å². The van der Waals surface area contributed by atoms with Gasteiger partial charge in [0.2, 0.25) is 5.91 Å². The molecule has 2 rings (SSSR count). The van der Waals surface area contributed by atoms with Crippen molar-refractivity contribution in [3.8, 4) is 5.75 Å². The number of nitrogens with one attached hydrogen (secondary N) is 1. The molecule has 0 aliphatic carbocycles. The minimum atomic E-state index is -0.510. The molecule has 0 heterocycles. The van der Waals surface area contributed by atoms with Crippen LogP contribution in [0.25, 0.3) is 10.8 Å². The van der Waals surface area contributed by atoms with Crippen molar-refractivity contribution < 1.29 is 19.4 Å². The van der Waals surface area contributed by atoms with Crippen LogP contribution in [0, 0.1) is 5.92 Å². The van der Waals surface area contributed by atoms with Crippen molar-refractivity contribution in [3.63, 3.8) is 0 Å². The number of phenolic OH excluding ortho intramolecular Hbond substituents is 1. The van der Waals surface area contributed by atoms with Gasteiger partial charge in [0.25, 0.3) is 0 Å². The number of ether oxygens (including phenoxy) is 1. The number of carbonyl (C=O) groups is 2. The quantitative estimate of drug-likeness (QED) is 0.851. The molecular weight excluding hydrogens is 270 g/mol. The van der Waals surface area contributed by atoms with Gasteiger partial charge >= 0.3 is 5.97 Å². The smallest absolute Gasteiger partial charge is 0.338 e. The summed E-state index contributed by atoms with van der Waals surface area (Å²) >= 11 is 0. The van der Waals surface area contributed by atoms with E-state index < -0.39 is 5.97 Å². The third kappa shape index (κ3) is 3.13. The fourth-order valence-corrected chi connectivity index (χ4v) is 1.94. The molecule has 0 unspecified atom stereocenters. The number of phenols is 1. The molecule has 21 heavy (non-hydrogen) atoms. The molecule has 1 amide bonds. The van der Waals surface area contributed by atoms with Gasteiger partial charge in [-0.3, -0.25) is 4.79 Å². The van der Waals surface area contributed by atoms with Crippen LogP contribution in [0.15, 0.2) is 30.3 Å². The van der Waals surface area contributed by atoms with E-state index >= 15 is 0 Å². The summed E-state index contributed by atoms with van der Waals surface area (Å²) in [6, 6.07) is 8.11. The molecule has 0 aliphatic rings. The van der Waals surface area contributed by atoms with Crippen LogP contribution in [-0.4, -0.2) is 24.1 Å². The number of hydrogen-bond donors (Lipinski definition) is 2. The van der Waals surface area contributed by atoms with E-state index in [0.717, 1.165) is 0 Å². The van der Waals surface area contributed by atoms with Crippen molar-refractivity contribution in [1.82, 2.24) is 0 Å². The molecule has 0 saturated carbocycles. The Morgan fingerprint density at radius 3 is 2.52 bits per heavy atom. The summed E-state index contributed by atoms with van der Waals surface area (Å²) in [5.41, 5.74) is 0.879. The summed E-state index contributed by atoms with van der Waals surface area (Å²) in [6.07, 6.45) is 0. The zero-order chi connectivity index (χ0) is 15.6. The molecule has 5 nitrogen and oxygen atoms in total. The molecule has 0 radical (unpaired) electrons. The minimum absolute atomic E-state index is 0.0338. The van der Waals surface area contributed by atoms with Crippen LogP contribution in [0.1, 0.15) is 24.2 Å². The number of benzene rings is 2. The van der Waals surface area contributed by atoms with Gasteiger partial charge < -0.3 is 15.2 Å². The standard InChI is InChI=1S/C16H17NO4/c1-9(2)15(19)17-12-5-4-10-6-11(16(20)21-3)7-14(18)13(10)8-12/h4-9,18H,1-3H3,(H,17,19). The van der Waals surface area contributed by atoms with E-state index in [4.69, 9.17) is 0 Å². The number of hydrogen-bond acceptors (Lipinski definition) is 4. The molecule has 0 atom stereocenters. The maximum atomic E-state index is 11.7. The third-order valence-electron chi connectivity index (χ3n) is 3.15. The fraction of sp³-hybridized carbons (Fsp3) is 0.250. The molecule has 0 fully saturated rings. The van der Waals surface area contributed by atoms with Gasteiger partial charge in [-0.2, -0.15) is 0 Å². The van der Waals surface area contributed by atoms with Crippen LogP contribution in [0.4, 0.5) is 5.69 Å². The third-order valence-corrected chi connectivity index (χ3v) is 3.15. The van der Waals surface area contributed by atoms with E-state index in [9.17, 15) is 14.7 Å². The lowest BCUT2D eigenvalue weighted by molar-refractivity contribution is -0.118. The number of aromatic hydroxyl groups is 1. The van der Waals surface area contributed by atoms with Gasteiger partial charge in [0.15, 0.2) is 0 Å². The molecule has 5 heteroatoms. The molecule has 0 bridgehead atoms. The van der Waals surface area contributed by atoms with Crippen LogP contribution in [0.5, 0.6) is 5.75 Å². The first-order valence-electron chi connectivity index (χ1n) is 6.58. The number of carbonyl (C=O) groups excluding carboxylic acids is 2. The van der Waals surface area contributed by atoms with Crippen LogP contribution in [-0.2, 0) is 9.53 Å². The molecule has 2 aromatic rings. The monoisotopic (exact) mass is 287 g/mol. The number of fused-ring (bicyclic) bond motifs is 1. The summed E-state index contributed by atoms with van der Waals surface area (Å²) in [4.78, 5) is 23.2. The Hall–Kier alpha value is -2.56. The second-order valence-corrected chi connectivity index (χ2v) is 5.07. The lowest BCUT2D eigenvalue weighted by Gasteiger charge is -2.10. The molecule has 0 aliphatic heterocycles. The van der Waals surface area contributed by atoms with Crippen molar-refractivity contribution >= 4 is 28.3 Å². The molecule has 0 saturated heterocycles. The Bertz CT molecular complexity index is 707. The Labute approximate surface area is 122 Å². The van der Waals surface area contributed by atoms with Gasteiger partial charge in [-0.1, -0.05) is 19.9 Å². The zero-order valence-electron chi connectivity index (χ0n) is 12.1. The van der Waals surface area contributed by atoms with Gasteiger partial charge in [0.1, 0.15) is 5.75 Å². The Morgan fingerprint density at radius 1 is 1.19 bits per heavy atom. The highest BCUT2D eigenvalue weighted by Crippen LogP contribution is 2.29. The number of methoxy groups -OCH3 is 1. The predicted molar refractivity (Wildman–Crippen MR) is 80.4 cm³/mol. The summed E-state index contributed by atoms with van der Waals surface area (Å²) in [5.74, 6) is -0.769. The minimum Gasteiger partial charge on any atom is -0.507 e.